The molecule has 3 aromatic rings. The van der Waals surface area contributed by atoms with Crippen LogP contribution in [0.2, 0.25) is 0 Å². The van der Waals surface area contributed by atoms with Gasteiger partial charge >= 0.3 is 0 Å². The standard InChI is InChI=1S/C22H26N4O4S/c1-16-15-25(18-7-11-29-12-8-18)9-10-26(16)31(27,28)19-13-20-21(17-5-3-2-4-6-17)24-30-22(20)23-14-19/h2-6,13-14,16,18H,7-12,15H2,1H3/t16-/m0/s1. The van der Waals surface area contributed by atoms with E-state index in [0.29, 0.717) is 29.4 Å². The van der Waals surface area contributed by atoms with Crippen molar-refractivity contribution >= 4 is 21.1 Å². The summed E-state index contributed by atoms with van der Waals surface area (Å²) >= 11 is 0. The molecule has 2 saturated heterocycles. The van der Waals surface area contributed by atoms with Crippen molar-refractivity contribution in [1.29, 1.82) is 0 Å². The van der Waals surface area contributed by atoms with Gasteiger partial charge in [-0.05, 0) is 25.8 Å². The summed E-state index contributed by atoms with van der Waals surface area (Å²) in [4.78, 5) is 6.83. The minimum atomic E-state index is -3.68. The van der Waals surface area contributed by atoms with E-state index in [0.717, 1.165) is 44.7 Å². The number of pyridine rings is 1. The van der Waals surface area contributed by atoms with Gasteiger partial charge in [0.05, 0.1) is 11.6 Å². The van der Waals surface area contributed by atoms with Crippen molar-refractivity contribution < 1.29 is 17.7 Å². The minimum Gasteiger partial charge on any atom is -0.381 e. The number of rotatable bonds is 4. The van der Waals surface area contributed by atoms with Gasteiger partial charge in [0, 0.05) is 50.5 Å². The molecular weight excluding hydrogens is 416 g/mol. The quantitative estimate of drug-likeness (QED) is 0.614. The molecule has 5 rings (SSSR count). The van der Waals surface area contributed by atoms with Crippen LogP contribution in [-0.2, 0) is 14.8 Å². The van der Waals surface area contributed by atoms with Gasteiger partial charge in [0.1, 0.15) is 10.6 Å². The van der Waals surface area contributed by atoms with E-state index < -0.39 is 10.0 Å². The second-order valence-corrected chi connectivity index (χ2v) is 10.1. The molecule has 1 atom stereocenters. The van der Waals surface area contributed by atoms with Gasteiger partial charge < -0.3 is 9.26 Å². The molecule has 0 radical (unpaired) electrons. The summed E-state index contributed by atoms with van der Waals surface area (Å²) in [6.45, 7) is 5.46. The molecule has 0 aliphatic carbocycles. The third-order valence-electron chi connectivity index (χ3n) is 6.26. The number of aromatic nitrogens is 2. The van der Waals surface area contributed by atoms with Crippen molar-refractivity contribution in [1.82, 2.24) is 19.3 Å². The SMILES string of the molecule is C[C@H]1CN(C2CCOCC2)CCN1S(=O)(=O)c1cnc2onc(-c3ccccc3)c2c1. The highest BCUT2D eigenvalue weighted by atomic mass is 32.2. The Kier molecular flexibility index (Phi) is 5.51. The fraction of sp³-hybridized carbons (Fsp3) is 0.455. The van der Waals surface area contributed by atoms with Crippen LogP contribution >= 0.6 is 0 Å². The smallest absolute Gasteiger partial charge is 0.258 e. The van der Waals surface area contributed by atoms with E-state index in [4.69, 9.17) is 9.26 Å². The Morgan fingerprint density at radius 1 is 1.10 bits per heavy atom. The molecule has 2 fully saturated rings. The fourth-order valence-corrected chi connectivity index (χ4v) is 6.19. The van der Waals surface area contributed by atoms with Crippen LogP contribution in [0.3, 0.4) is 0 Å². The Morgan fingerprint density at radius 3 is 2.61 bits per heavy atom. The first-order valence-corrected chi connectivity index (χ1v) is 12.1. The maximum absolute atomic E-state index is 13.5. The van der Waals surface area contributed by atoms with Crippen molar-refractivity contribution in [2.45, 2.75) is 36.7 Å². The monoisotopic (exact) mass is 442 g/mol. The van der Waals surface area contributed by atoms with Crippen LogP contribution in [0.4, 0.5) is 0 Å². The van der Waals surface area contributed by atoms with Gasteiger partial charge in [0.25, 0.3) is 5.71 Å². The number of hydrogen-bond donors (Lipinski definition) is 0. The lowest BCUT2D eigenvalue weighted by Gasteiger charge is -2.43. The third-order valence-corrected chi connectivity index (χ3v) is 8.24. The fourth-order valence-electron chi connectivity index (χ4n) is 4.60. The van der Waals surface area contributed by atoms with Gasteiger partial charge in [-0.2, -0.15) is 4.31 Å². The van der Waals surface area contributed by atoms with Crippen LogP contribution in [0.1, 0.15) is 19.8 Å². The molecule has 2 aliphatic rings. The van der Waals surface area contributed by atoms with Crippen molar-refractivity contribution in [3.8, 4) is 11.3 Å². The summed E-state index contributed by atoms with van der Waals surface area (Å²) in [5.41, 5.74) is 1.78. The number of benzene rings is 1. The van der Waals surface area contributed by atoms with Gasteiger partial charge in [-0.15, -0.1) is 0 Å². The number of hydrogen-bond acceptors (Lipinski definition) is 7. The molecule has 0 N–H and O–H groups in total. The predicted octanol–water partition coefficient (Wildman–Crippen LogP) is 2.76. The highest BCUT2D eigenvalue weighted by Gasteiger charge is 2.36. The Balaban J connectivity index is 1.41. The Hall–Kier alpha value is -2.33. The second kappa shape index (κ2) is 8.31. The molecule has 31 heavy (non-hydrogen) atoms. The number of nitrogens with zero attached hydrogens (tertiary/aromatic N) is 4. The number of ether oxygens (including phenoxy) is 1. The lowest BCUT2D eigenvalue weighted by molar-refractivity contribution is 0.0137. The zero-order chi connectivity index (χ0) is 21.4. The van der Waals surface area contributed by atoms with E-state index >= 15 is 0 Å². The molecule has 1 aromatic carbocycles. The topological polar surface area (TPSA) is 88.8 Å². The minimum absolute atomic E-state index is 0.117. The molecule has 0 bridgehead atoms. The Labute approximate surface area is 181 Å². The summed E-state index contributed by atoms with van der Waals surface area (Å²) in [5, 5.41) is 4.71. The van der Waals surface area contributed by atoms with Crippen LogP contribution in [0, 0.1) is 0 Å². The zero-order valence-corrected chi connectivity index (χ0v) is 18.3. The van der Waals surface area contributed by atoms with E-state index in [1.807, 2.05) is 37.3 Å². The van der Waals surface area contributed by atoms with Gasteiger partial charge in [0.2, 0.25) is 10.0 Å². The molecular formula is C22H26N4O4S. The Morgan fingerprint density at radius 2 is 1.87 bits per heavy atom. The van der Waals surface area contributed by atoms with E-state index in [-0.39, 0.29) is 10.9 Å². The van der Waals surface area contributed by atoms with Crippen molar-refractivity contribution in [2.24, 2.45) is 0 Å². The first-order valence-electron chi connectivity index (χ1n) is 10.7. The normalized spacial score (nSPS) is 22.2. The maximum atomic E-state index is 13.5. The summed E-state index contributed by atoms with van der Waals surface area (Å²) in [7, 11) is -3.68. The van der Waals surface area contributed by atoms with Crippen molar-refractivity contribution in [3.63, 3.8) is 0 Å². The summed E-state index contributed by atoms with van der Waals surface area (Å²) in [6, 6.07) is 11.5. The molecule has 8 nitrogen and oxygen atoms in total. The van der Waals surface area contributed by atoms with E-state index in [2.05, 4.69) is 15.0 Å². The molecule has 9 heteroatoms. The second-order valence-electron chi connectivity index (χ2n) is 8.22. The number of sulfonamides is 1. The highest BCUT2D eigenvalue weighted by molar-refractivity contribution is 7.89. The van der Waals surface area contributed by atoms with Gasteiger partial charge in [-0.1, -0.05) is 35.5 Å². The molecule has 4 heterocycles. The van der Waals surface area contributed by atoms with Gasteiger partial charge in [0.15, 0.2) is 0 Å². The Bertz CT molecular complexity index is 1160. The molecule has 0 amide bonds. The average molecular weight is 443 g/mol. The van der Waals surface area contributed by atoms with E-state index in [1.54, 1.807) is 10.4 Å². The number of piperazine rings is 1. The van der Waals surface area contributed by atoms with Crippen molar-refractivity contribution in [3.05, 3.63) is 42.6 Å². The number of fused-ring (bicyclic) bond motifs is 1. The maximum Gasteiger partial charge on any atom is 0.258 e. The highest BCUT2D eigenvalue weighted by Crippen LogP contribution is 2.30. The average Bonchev–Trinajstić information content (AvgIpc) is 3.23. The molecule has 2 aromatic heterocycles. The first kappa shape index (κ1) is 20.6. The van der Waals surface area contributed by atoms with Crippen LogP contribution in [-0.4, -0.2) is 72.7 Å². The lowest BCUT2D eigenvalue weighted by Crippen LogP contribution is -2.57. The third kappa shape index (κ3) is 3.87. The van der Waals surface area contributed by atoms with Crippen LogP contribution in [0.5, 0.6) is 0 Å². The summed E-state index contributed by atoms with van der Waals surface area (Å²) < 4.78 is 39.4. The largest absolute Gasteiger partial charge is 0.381 e. The molecule has 164 valence electrons. The molecule has 0 spiro atoms. The molecule has 2 aliphatic heterocycles. The van der Waals surface area contributed by atoms with Crippen molar-refractivity contribution in [2.75, 3.05) is 32.8 Å². The predicted molar refractivity (Wildman–Crippen MR) is 116 cm³/mol. The summed E-state index contributed by atoms with van der Waals surface area (Å²) in [6.07, 6.45) is 3.39. The molecule has 0 unspecified atom stereocenters. The van der Waals surface area contributed by atoms with Crippen LogP contribution < -0.4 is 0 Å². The lowest BCUT2D eigenvalue weighted by atomic mass is 10.1. The first-order chi connectivity index (χ1) is 15.0. The van der Waals surface area contributed by atoms with E-state index in [1.165, 1.54) is 6.20 Å². The van der Waals surface area contributed by atoms with Gasteiger partial charge in [-0.25, -0.2) is 13.4 Å². The zero-order valence-electron chi connectivity index (χ0n) is 17.5. The van der Waals surface area contributed by atoms with E-state index in [9.17, 15) is 8.42 Å². The van der Waals surface area contributed by atoms with Crippen LogP contribution in [0.25, 0.3) is 22.4 Å². The van der Waals surface area contributed by atoms with Gasteiger partial charge in [-0.3, -0.25) is 4.90 Å². The molecule has 0 saturated carbocycles. The summed E-state index contributed by atoms with van der Waals surface area (Å²) in [5.74, 6) is 0. The van der Waals surface area contributed by atoms with Crippen LogP contribution in [0.15, 0.2) is 52.0 Å².